The third-order valence-corrected chi connectivity index (χ3v) is 3.46. The lowest BCUT2D eigenvalue weighted by molar-refractivity contribution is 0.276. The Bertz CT molecular complexity index is 563. The summed E-state index contributed by atoms with van der Waals surface area (Å²) in [5.74, 6) is 0. The SMILES string of the molecule is Cc1ccc(C(CO)Nc2ccccc2C)c(C)c1. The van der Waals surface area contributed by atoms with E-state index in [4.69, 9.17) is 0 Å². The molecule has 2 aromatic rings. The number of hydrogen-bond donors (Lipinski definition) is 2. The fraction of sp³-hybridized carbons (Fsp3) is 0.294. The number of aliphatic hydroxyl groups excluding tert-OH is 1. The topological polar surface area (TPSA) is 32.3 Å². The van der Waals surface area contributed by atoms with E-state index in [0.717, 1.165) is 11.3 Å². The highest BCUT2D eigenvalue weighted by Gasteiger charge is 2.13. The molecule has 0 bridgehead atoms. The molecule has 0 saturated heterocycles. The number of nitrogens with one attached hydrogen (secondary N) is 1. The standard InChI is InChI=1S/C17H21NO/c1-12-8-9-15(14(3)10-12)17(11-19)18-16-7-5-4-6-13(16)2/h4-10,17-19H,11H2,1-3H3. The third-order valence-electron chi connectivity index (χ3n) is 3.46. The van der Waals surface area contributed by atoms with E-state index in [2.05, 4.69) is 50.4 Å². The molecule has 100 valence electrons. The fourth-order valence-electron chi connectivity index (χ4n) is 2.36. The molecule has 0 aliphatic rings. The van der Waals surface area contributed by atoms with Gasteiger partial charge in [0.1, 0.15) is 0 Å². The Morgan fingerprint density at radius 1 is 1.00 bits per heavy atom. The predicted octanol–water partition coefficient (Wildman–Crippen LogP) is 3.76. The second-order valence-corrected chi connectivity index (χ2v) is 5.05. The Hall–Kier alpha value is -1.80. The fourth-order valence-corrected chi connectivity index (χ4v) is 2.36. The molecule has 1 atom stereocenters. The van der Waals surface area contributed by atoms with Crippen LogP contribution in [-0.2, 0) is 0 Å². The van der Waals surface area contributed by atoms with Crippen LogP contribution in [0.3, 0.4) is 0 Å². The molecule has 2 heteroatoms. The van der Waals surface area contributed by atoms with E-state index in [-0.39, 0.29) is 12.6 Å². The van der Waals surface area contributed by atoms with Crippen molar-refractivity contribution >= 4 is 5.69 Å². The Morgan fingerprint density at radius 3 is 2.37 bits per heavy atom. The summed E-state index contributed by atoms with van der Waals surface area (Å²) in [6, 6.07) is 14.4. The van der Waals surface area contributed by atoms with Gasteiger partial charge in [0.15, 0.2) is 0 Å². The summed E-state index contributed by atoms with van der Waals surface area (Å²) in [5.41, 5.74) is 5.86. The first kappa shape index (κ1) is 13.6. The van der Waals surface area contributed by atoms with E-state index in [1.165, 1.54) is 16.7 Å². The van der Waals surface area contributed by atoms with Gasteiger partial charge in [0.2, 0.25) is 0 Å². The van der Waals surface area contributed by atoms with Gasteiger partial charge in [0.05, 0.1) is 12.6 Å². The van der Waals surface area contributed by atoms with Gasteiger partial charge in [0, 0.05) is 5.69 Å². The molecule has 1 unspecified atom stereocenters. The molecule has 19 heavy (non-hydrogen) atoms. The molecule has 0 spiro atoms. The van der Waals surface area contributed by atoms with Crippen LogP contribution in [0.15, 0.2) is 42.5 Å². The van der Waals surface area contributed by atoms with Crippen molar-refractivity contribution in [3.63, 3.8) is 0 Å². The Labute approximate surface area is 115 Å². The van der Waals surface area contributed by atoms with Gasteiger partial charge in [0.25, 0.3) is 0 Å². The van der Waals surface area contributed by atoms with Gasteiger partial charge in [-0.05, 0) is 43.5 Å². The minimum Gasteiger partial charge on any atom is -0.394 e. The monoisotopic (exact) mass is 255 g/mol. The summed E-state index contributed by atoms with van der Waals surface area (Å²) < 4.78 is 0. The maximum Gasteiger partial charge on any atom is 0.0747 e. The highest BCUT2D eigenvalue weighted by atomic mass is 16.3. The first-order chi connectivity index (χ1) is 9.11. The smallest absolute Gasteiger partial charge is 0.0747 e. The normalized spacial score (nSPS) is 12.2. The minimum absolute atomic E-state index is 0.0679. The predicted molar refractivity (Wildman–Crippen MR) is 80.5 cm³/mol. The van der Waals surface area contributed by atoms with Crippen molar-refractivity contribution < 1.29 is 5.11 Å². The number of aliphatic hydroxyl groups is 1. The van der Waals surface area contributed by atoms with Gasteiger partial charge in [-0.1, -0.05) is 42.0 Å². The lowest BCUT2D eigenvalue weighted by Gasteiger charge is -2.21. The molecule has 0 aromatic heterocycles. The second kappa shape index (κ2) is 5.89. The molecule has 0 saturated carbocycles. The van der Waals surface area contributed by atoms with E-state index < -0.39 is 0 Å². The zero-order valence-corrected chi connectivity index (χ0v) is 11.8. The lowest BCUT2D eigenvalue weighted by atomic mass is 9.99. The van der Waals surface area contributed by atoms with Gasteiger partial charge in [-0.3, -0.25) is 0 Å². The highest BCUT2D eigenvalue weighted by molar-refractivity contribution is 5.52. The second-order valence-electron chi connectivity index (χ2n) is 5.05. The summed E-state index contributed by atoms with van der Waals surface area (Å²) in [5, 5.41) is 13.1. The number of para-hydroxylation sites is 1. The molecule has 2 rings (SSSR count). The van der Waals surface area contributed by atoms with Crippen molar-refractivity contribution in [1.82, 2.24) is 0 Å². The molecule has 2 N–H and O–H groups in total. The summed E-state index contributed by atoms with van der Waals surface area (Å²) in [4.78, 5) is 0. The summed E-state index contributed by atoms with van der Waals surface area (Å²) in [6.07, 6.45) is 0. The molecule has 0 aliphatic carbocycles. The van der Waals surface area contributed by atoms with Crippen molar-refractivity contribution in [2.45, 2.75) is 26.8 Å². The molecule has 0 amide bonds. The highest BCUT2D eigenvalue weighted by Crippen LogP contribution is 2.24. The van der Waals surface area contributed by atoms with Crippen LogP contribution in [0.5, 0.6) is 0 Å². The van der Waals surface area contributed by atoms with E-state index in [0.29, 0.717) is 0 Å². The first-order valence-corrected chi connectivity index (χ1v) is 6.62. The van der Waals surface area contributed by atoms with Crippen LogP contribution in [0.25, 0.3) is 0 Å². The van der Waals surface area contributed by atoms with Gasteiger partial charge < -0.3 is 10.4 Å². The van der Waals surface area contributed by atoms with E-state index >= 15 is 0 Å². The molecule has 0 fully saturated rings. The molecule has 0 aliphatic heterocycles. The first-order valence-electron chi connectivity index (χ1n) is 6.62. The number of benzene rings is 2. The Balaban J connectivity index is 2.28. The van der Waals surface area contributed by atoms with Gasteiger partial charge >= 0.3 is 0 Å². The van der Waals surface area contributed by atoms with Crippen LogP contribution >= 0.6 is 0 Å². The van der Waals surface area contributed by atoms with E-state index in [1.807, 2.05) is 18.2 Å². The minimum atomic E-state index is -0.0679. The van der Waals surface area contributed by atoms with Crippen LogP contribution < -0.4 is 5.32 Å². The van der Waals surface area contributed by atoms with Crippen LogP contribution in [0.1, 0.15) is 28.3 Å². The summed E-state index contributed by atoms with van der Waals surface area (Å²) >= 11 is 0. The Morgan fingerprint density at radius 2 is 1.74 bits per heavy atom. The lowest BCUT2D eigenvalue weighted by Crippen LogP contribution is -2.16. The van der Waals surface area contributed by atoms with E-state index in [1.54, 1.807) is 0 Å². The Kier molecular flexibility index (Phi) is 4.23. The van der Waals surface area contributed by atoms with Crippen molar-refractivity contribution in [1.29, 1.82) is 0 Å². The molecule has 0 radical (unpaired) electrons. The number of hydrogen-bond acceptors (Lipinski definition) is 2. The summed E-state index contributed by atoms with van der Waals surface area (Å²) in [7, 11) is 0. The largest absolute Gasteiger partial charge is 0.394 e. The number of rotatable bonds is 4. The quantitative estimate of drug-likeness (QED) is 0.872. The van der Waals surface area contributed by atoms with Crippen molar-refractivity contribution in [2.75, 3.05) is 11.9 Å². The zero-order valence-electron chi connectivity index (χ0n) is 11.8. The van der Waals surface area contributed by atoms with Crippen LogP contribution in [0, 0.1) is 20.8 Å². The molecule has 0 heterocycles. The maximum atomic E-state index is 9.66. The number of aryl methyl sites for hydroxylation is 3. The van der Waals surface area contributed by atoms with Crippen LogP contribution in [-0.4, -0.2) is 11.7 Å². The number of anilines is 1. The van der Waals surface area contributed by atoms with Gasteiger partial charge in [-0.2, -0.15) is 0 Å². The zero-order chi connectivity index (χ0) is 13.8. The van der Waals surface area contributed by atoms with Crippen LogP contribution in [0.2, 0.25) is 0 Å². The van der Waals surface area contributed by atoms with Gasteiger partial charge in [-0.25, -0.2) is 0 Å². The molecule has 2 nitrogen and oxygen atoms in total. The van der Waals surface area contributed by atoms with Gasteiger partial charge in [-0.15, -0.1) is 0 Å². The van der Waals surface area contributed by atoms with Crippen LogP contribution in [0.4, 0.5) is 5.69 Å². The third kappa shape index (κ3) is 3.15. The maximum absolute atomic E-state index is 9.66. The van der Waals surface area contributed by atoms with Crippen molar-refractivity contribution in [3.05, 3.63) is 64.7 Å². The van der Waals surface area contributed by atoms with Crippen molar-refractivity contribution in [3.8, 4) is 0 Å². The molecule has 2 aromatic carbocycles. The van der Waals surface area contributed by atoms with E-state index in [9.17, 15) is 5.11 Å². The average molecular weight is 255 g/mol. The molecular weight excluding hydrogens is 234 g/mol. The summed E-state index contributed by atoms with van der Waals surface area (Å²) in [6.45, 7) is 6.32. The van der Waals surface area contributed by atoms with Crippen molar-refractivity contribution in [2.24, 2.45) is 0 Å². The molecular formula is C17H21NO. The average Bonchev–Trinajstić information content (AvgIpc) is 2.39.